The van der Waals surface area contributed by atoms with Crippen LogP contribution >= 0.6 is 0 Å². The van der Waals surface area contributed by atoms with E-state index in [0.29, 0.717) is 6.61 Å². The smallest absolute Gasteiger partial charge is 0.312 e. The van der Waals surface area contributed by atoms with Crippen molar-refractivity contribution in [3.05, 3.63) is 35.9 Å². The number of hydrogen-bond acceptors (Lipinski definition) is 7. The summed E-state index contributed by atoms with van der Waals surface area (Å²) in [4.78, 5) is 11.8. The Kier molecular flexibility index (Phi) is 5.17. The molecule has 1 aromatic carbocycles. The van der Waals surface area contributed by atoms with Crippen molar-refractivity contribution >= 4 is 5.97 Å². The van der Waals surface area contributed by atoms with Crippen molar-refractivity contribution in [3.8, 4) is 0 Å². The summed E-state index contributed by atoms with van der Waals surface area (Å²) in [5.41, 5.74) is 1.00. The third kappa shape index (κ3) is 3.05. The van der Waals surface area contributed by atoms with Gasteiger partial charge in [0.05, 0.1) is 6.61 Å². The summed E-state index contributed by atoms with van der Waals surface area (Å²) in [5.74, 6) is -1.54. The number of carbonyl (C=O) groups is 1. The molecule has 0 radical (unpaired) electrons. The van der Waals surface area contributed by atoms with E-state index in [0.717, 1.165) is 5.56 Å². The lowest BCUT2D eigenvalue weighted by Crippen LogP contribution is -2.43. The molecular weight excluding hydrogens is 316 g/mol. The molecule has 0 aliphatic carbocycles. The van der Waals surface area contributed by atoms with E-state index in [2.05, 4.69) is 0 Å². The summed E-state index contributed by atoms with van der Waals surface area (Å²) in [6.07, 6.45) is -2.47. The normalized spacial score (nSPS) is 32.2. The fourth-order valence-corrected chi connectivity index (χ4v) is 3.23. The van der Waals surface area contributed by atoms with Crippen molar-refractivity contribution < 1.29 is 33.2 Å². The summed E-state index contributed by atoms with van der Waals surface area (Å²) >= 11 is 0. The molecule has 0 amide bonds. The van der Waals surface area contributed by atoms with Gasteiger partial charge in [0.1, 0.15) is 18.6 Å². The van der Waals surface area contributed by atoms with Crippen LogP contribution in [-0.2, 0) is 39.8 Å². The zero-order valence-corrected chi connectivity index (χ0v) is 14.0. The molecule has 1 aromatic rings. The van der Waals surface area contributed by atoms with Crippen LogP contribution in [0.1, 0.15) is 12.0 Å². The number of carbonyl (C=O) groups excluding carboxylic acids is 1. The Morgan fingerprint density at radius 3 is 2.54 bits per heavy atom. The van der Waals surface area contributed by atoms with Crippen molar-refractivity contribution in [2.24, 2.45) is 0 Å². The fraction of sp³-hybridized carbons (Fsp3) is 0.588. The number of ether oxygens (including phenoxy) is 6. The monoisotopic (exact) mass is 338 g/mol. The number of hydrogen-bond donors (Lipinski definition) is 0. The molecule has 4 atom stereocenters. The number of fused-ring (bicyclic) bond motifs is 1. The Morgan fingerprint density at radius 2 is 1.92 bits per heavy atom. The average Bonchev–Trinajstić information content (AvgIpc) is 3.07. The third-order valence-electron chi connectivity index (χ3n) is 4.40. The molecular formula is C17H22O7. The topological polar surface area (TPSA) is 72.5 Å². The van der Waals surface area contributed by atoms with Gasteiger partial charge < -0.3 is 28.4 Å². The highest BCUT2D eigenvalue weighted by Crippen LogP contribution is 2.44. The van der Waals surface area contributed by atoms with Crippen molar-refractivity contribution in [1.29, 1.82) is 0 Å². The van der Waals surface area contributed by atoms with Crippen LogP contribution in [0.5, 0.6) is 0 Å². The van der Waals surface area contributed by atoms with Crippen LogP contribution in [0.4, 0.5) is 0 Å². The Labute approximate surface area is 140 Å². The Balaban J connectivity index is 1.81. The third-order valence-corrected chi connectivity index (χ3v) is 4.40. The standard InChI is InChI=1S/C17H22O7/c1-19-16(20-2)14-13(22-10-11-7-5-4-6-8-11)15-17(21-3,24-14)9-12(18)23-15/h4-8,13-16H,9-10H2,1-3H3/t13-,14-,15+,17+/m1/s1. The van der Waals surface area contributed by atoms with Crippen LogP contribution in [0.25, 0.3) is 0 Å². The van der Waals surface area contributed by atoms with E-state index < -0.39 is 30.4 Å². The molecule has 2 heterocycles. The zero-order valence-electron chi connectivity index (χ0n) is 14.0. The zero-order chi connectivity index (χ0) is 17.2. The molecule has 0 unspecified atom stereocenters. The van der Waals surface area contributed by atoms with E-state index >= 15 is 0 Å². The fourth-order valence-electron chi connectivity index (χ4n) is 3.23. The van der Waals surface area contributed by atoms with Crippen LogP contribution in [0.15, 0.2) is 30.3 Å². The number of esters is 1. The van der Waals surface area contributed by atoms with Gasteiger partial charge in [-0.2, -0.15) is 0 Å². The molecule has 2 saturated heterocycles. The predicted molar refractivity (Wildman–Crippen MR) is 81.9 cm³/mol. The van der Waals surface area contributed by atoms with Crippen LogP contribution in [-0.4, -0.2) is 57.7 Å². The minimum Gasteiger partial charge on any atom is -0.454 e. The van der Waals surface area contributed by atoms with E-state index in [1.807, 2.05) is 30.3 Å². The molecule has 0 saturated carbocycles. The van der Waals surface area contributed by atoms with Gasteiger partial charge in [-0.15, -0.1) is 0 Å². The van der Waals surface area contributed by atoms with Crippen molar-refractivity contribution in [3.63, 3.8) is 0 Å². The summed E-state index contributed by atoms with van der Waals surface area (Å²) in [7, 11) is 4.52. The molecule has 3 rings (SSSR count). The minimum absolute atomic E-state index is 0.00993. The molecule has 2 fully saturated rings. The maximum atomic E-state index is 11.8. The molecule has 2 aliphatic heterocycles. The van der Waals surface area contributed by atoms with Crippen molar-refractivity contribution in [2.45, 2.75) is 43.4 Å². The van der Waals surface area contributed by atoms with Gasteiger partial charge in [-0.3, -0.25) is 4.79 Å². The molecule has 0 N–H and O–H groups in total. The van der Waals surface area contributed by atoms with Gasteiger partial charge in [-0.05, 0) is 5.56 Å². The second kappa shape index (κ2) is 7.16. The molecule has 0 bridgehead atoms. The summed E-state index contributed by atoms with van der Waals surface area (Å²) in [5, 5.41) is 0. The van der Waals surface area contributed by atoms with E-state index in [9.17, 15) is 4.79 Å². The van der Waals surface area contributed by atoms with Gasteiger partial charge in [-0.1, -0.05) is 30.3 Å². The van der Waals surface area contributed by atoms with Gasteiger partial charge in [0.25, 0.3) is 0 Å². The van der Waals surface area contributed by atoms with Crippen LogP contribution in [0.2, 0.25) is 0 Å². The van der Waals surface area contributed by atoms with E-state index in [1.54, 1.807) is 0 Å². The van der Waals surface area contributed by atoms with Crippen LogP contribution < -0.4 is 0 Å². The lowest BCUT2D eigenvalue weighted by molar-refractivity contribution is -0.262. The molecule has 24 heavy (non-hydrogen) atoms. The maximum absolute atomic E-state index is 11.8. The highest BCUT2D eigenvalue weighted by atomic mass is 16.8. The molecule has 0 spiro atoms. The lowest BCUT2D eigenvalue weighted by Gasteiger charge is -2.27. The summed E-state index contributed by atoms with van der Waals surface area (Å²) in [6, 6.07) is 9.72. The van der Waals surface area contributed by atoms with Gasteiger partial charge in [-0.25, -0.2) is 0 Å². The molecule has 0 aromatic heterocycles. The number of rotatable bonds is 7. The SMILES string of the molecule is COC(OC)[C@@H]1O[C@@]2(OC)CC(=O)O[C@H]2[C@@H]1OCc1ccccc1. The van der Waals surface area contributed by atoms with Gasteiger partial charge >= 0.3 is 5.97 Å². The van der Waals surface area contributed by atoms with Crippen LogP contribution in [0, 0.1) is 0 Å². The molecule has 7 heteroatoms. The van der Waals surface area contributed by atoms with Gasteiger partial charge in [0, 0.05) is 21.3 Å². The first-order valence-electron chi connectivity index (χ1n) is 7.77. The first-order valence-corrected chi connectivity index (χ1v) is 7.77. The Bertz CT molecular complexity index is 559. The van der Waals surface area contributed by atoms with Crippen LogP contribution in [0.3, 0.4) is 0 Å². The maximum Gasteiger partial charge on any atom is 0.312 e. The first kappa shape index (κ1) is 17.3. The van der Waals surface area contributed by atoms with Crippen molar-refractivity contribution in [2.75, 3.05) is 21.3 Å². The van der Waals surface area contributed by atoms with Gasteiger partial charge in [0.2, 0.25) is 5.79 Å². The predicted octanol–water partition coefficient (Wildman–Crippen LogP) is 1.25. The minimum atomic E-state index is -1.17. The second-order valence-corrected chi connectivity index (χ2v) is 5.79. The van der Waals surface area contributed by atoms with Crippen molar-refractivity contribution in [1.82, 2.24) is 0 Å². The summed E-state index contributed by atoms with van der Waals surface area (Å²) < 4.78 is 33.6. The number of methoxy groups -OCH3 is 3. The van der Waals surface area contributed by atoms with E-state index in [-0.39, 0.29) is 12.4 Å². The Hall–Kier alpha value is -1.51. The molecule has 132 valence electrons. The van der Waals surface area contributed by atoms with E-state index in [1.165, 1.54) is 21.3 Å². The highest BCUT2D eigenvalue weighted by molar-refractivity contribution is 5.73. The summed E-state index contributed by atoms with van der Waals surface area (Å²) in [6.45, 7) is 0.347. The molecule has 2 aliphatic rings. The highest BCUT2D eigenvalue weighted by Gasteiger charge is 2.65. The lowest BCUT2D eigenvalue weighted by atomic mass is 10.0. The quantitative estimate of drug-likeness (QED) is 0.547. The second-order valence-electron chi connectivity index (χ2n) is 5.79. The average molecular weight is 338 g/mol. The van der Waals surface area contributed by atoms with E-state index in [4.69, 9.17) is 28.4 Å². The van der Waals surface area contributed by atoms with Gasteiger partial charge in [0.15, 0.2) is 12.4 Å². The first-order chi connectivity index (χ1) is 11.6. The largest absolute Gasteiger partial charge is 0.454 e. The number of benzene rings is 1. The molecule has 7 nitrogen and oxygen atoms in total. The Morgan fingerprint density at radius 1 is 1.21 bits per heavy atom.